The summed E-state index contributed by atoms with van der Waals surface area (Å²) in [6.07, 6.45) is 7.56. The van der Waals surface area contributed by atoms with Crippen LogP contribution in [0.4, 0.5) is 0 Å². The lowest BCUT2D eigenvalue weighted by molar-refractivity contribution is 0.338. The molecule has 0 N–H and O–H groups in total. The average molecular weight is 266 g/mol. The highest BCUT2D eigenvalue weighted by Crippen LogP contribution is 2.39. The molecule has 2 rings (SSSR count). The monoisotopic (exact) mass is 265 g/mol. The van der Waals surface area contributed by atoms with Crippen LogP contribution in [0.5, 0.6) is 0 Å². The molecule has 1 aromatic heterocycles. The molecule has 1 aliphatic rings. The smallest absolute Gasteiger partial charge is 0.130 e. The maximum absolute atomic E-state index is 9.60. The Bertz CT molecular complexity index is 462. The summed E-state index contributed by atoms with van der Waals surface area (Å²) in [5.74, 6) is 0. The van der Waals surface area contributed by atoms with Gasteiger partial charge in [-0.1, -0.05) is 37.3 Å². The fraction of sp³-hybridized carbons (Fsp3) is 0.714. The SMILES string of the molecule is Cc1nn(C)c(Cl)c1CC1(C#N)CCCCCC1. The van der Waals surface area contributed by atoms with Crippen molar-refractivity contribution in [3.63, 3.8) is 0 Å². The highest BCUT2D eigenvalue weighted by molar-refractivity contribution is 6.30. The maximum atomic E-state index is 9.60. The Morgan fingerprint density at radius 2 is 1.94 bits per heavy atom. The Hall–Kier alpha value is -1.01. The molecule has 98 valence electrons. The van der Waals surface area contributed by atoms with Gasteiger partial charge < -0.3 is 0 Å². The molecule has 0 spiro atoms. The number of hydrogen-bond acceptors (Lipinski definition) is 2. The van der Waals surface area contributed by atoms with Crippen molar-refractivity contribution in [2.24, 2.45) is 12.5 Å². The molecule has 1 heterocycles. The van der Waals surface area contributed by atoms with E-state index in [9.17, 15) is 5.26 Å². The van der Waals surface area contributed by atoms with Crippen molar-refractivity contribution in [3.05, 3.63) is 16.4 Å². The Labute approximate surface area is 114 Å². The minimum absolute atomic E-state index is 0.228. The van der Waals surface area contributed by atoms with Crippen LogP contribution in [0.3, 0.4) is 0 Å². The van der Waals surface area contributed by atoms with Crippen LogP contribution < -0.4 is 0 Å². The molecule has 1 fully saturated rings. The predicted molar refractivity (Wildman–Crippen MR) is 72.4 cm³/mol. The van der Waals surface area contributed by atoms with Gasteiger partial charge in [-0.2, -0.15) is 10.4 Å². The molecule has 0 amide bonds. The Balaban J connectivity index is 2.27. The second-order valence-corrected chi connectivity index (χ2v) is 5.82. The number of halogens is 1. The van der Waals surface area contributed by atoms with Gasteiger partial charge in [0.1, 0.15) is 5.15 Å². The summed E-state index contributed by atoms with van der Waals surface area (Å²) in [5.41, 5.74) is 1.79. The minimum Gasteiger partial charge on any atom is -0.257 e. The first-order valence-electron chi connectivity index (χ1n) is 6.67. The molecule has 1 aromatic rings. The fourth-order valence-electron chi connectivity index (χ4n) is 2.95. The zero-order valence-corrected chi connectivity index (χ0v) is 11.9. The van der Waals surface area contributed by atoms with E-state index in [1.54, 1.807) is 4.68 Å². The van der Waals surface area contributed by atoms with E-state index < -0.39 is 0 Å². The first-order chi connectivity index (χ1) is 8.58. The summed E-state index contributed by atoms with van der Waals surface area (Å²) in [6, 6.07) is 2.57. The van der Waals surface area contributed by atoms with Crippen molar-refractivity contribution in [1.82, 2.24) is 9.78 Å². The third kappa shape index (κ3) is 2.54. The van der Waals surface area contributed by atoms with E-state index >= 15 is 0 Å². The lowest BCUT2D eigenvalue weighted by atomic mass is 9.77. The Morgan fingerprint density at radius 1 is 1.33 bits per heavy atom. The minimum atomic E-state index is -0.228. The molecule has 0 bridgehead atoms. The summed E-state index contributed by atoms with van der Waals surface area (Å²) in [6.45, 7) is 1.98. The highest BCUT2D eigenvalue weighted by atomic mass is 35.5. The molecular weight excluding hydrogens is 246 g/mol. The second-order valence-electron chi connectivity index (χ2n) is 5.46. The number of aryl methyl sites for hydroxylation is 2. The van der Waals surface area contributed by atoms with Crippen molar-refractivity contribution in [2.75, 3.05) is 0 Å². The lowest BCUT2D eigenvalue weighted by Gasteiger charge is -2.24. The van der Waals surface area contributed by atoms with E-state index in [0.717, 1.165) is 43.4 Å². The van der Waals surface area contributed by atoms with Gasteiger partial charge in [-0.3, -0.25) is 4.68 Å². The molecule has 18 heavy (non-hydrogen) atoms. The van der Waals surface area contributed by atoms with E-state index in [1.165, 1.54) is 12.8 Å². The van der Waals surface area contributed by atoms with Crippen LogP contribution in [0.1, 0.15) is 49.8 Å². The molecule has 0 aliphatic heterocycles. The standard InChI is InChI=1S/C14H20ClN3/c1-11-12(13(15)18(2)17-11)9-14(10-16)7-5-3-4-6-8-14/h3-9H2,1-2H3. The van der Waals surface area contributed by atoms with Gasteiger partial charge in [0.15, 0.2) is 0 Å². The van der Waals surface area contributed by atoms with Crippen LogP contribution in [0, 0.1) is 23.7 Å². The number of nitriles is 1. The van der Waals surface area contributed by atoms with Crippen LogP contribution >= 0.6 is 11.6 Å². The summed E-state index contributed by atoms with van der Waals surface area (Å²) in [4.78, 5) is 0. The van der Waals surface area contributed by atoms with Crippen LogP contribution in [0.25, 0.3) is 0 Å². The number of aromatic nitrogens is 2. The number of nitrogens with zero attached hydrogens (tertiary/aromatic N) is 3. The number of rotatable bonds is 2. The zero-order valence-electron chi connectivity index (χ0n) is 11.2. The van der Waals surface area contributed by atoms with Crippen molar-refractivity contribution in [2.45, 2.75) is 51.9 Å². The first-order valence-corrected chi connectivity index (χ1v) is 7.05. The van der Waals surface area contributed by atoms with E-state index in [2.05, 4.69) is 11.2 Å². The van der Waals surface area contributed by atoms with Gasteiger partial charge in [-0.05, 0) is 26.2 Å². The second kappa shape index (κ2) is 5.32. The highest BCUT2D eigenvalue weighted by Gasteiger charge is 2.33. The summed E-state index contributed by atoms with van der Waals surface area (Å²) < 4.78 is 1.70. The molecule has 0 saturated heterocycles. The van der Waals surface area contributed by atoms with Crippen LogP contribution in [0.15, 0.2) is 0 Å². The van der Waals surface area contributed by atoms with Gasteiger partial charge in [0, 0.05) is 12.6 Å². The average Bonchev–Trinajstić information content (AvgIpc) is 2.58. The van der Waals surface area contributed by atoms with Crippen molar-refractivity contribution in [1.29, 1.82) is 5.26 Å². The molecular formula is C14H20ClN3. The Kier molecular flexibility index (Phi) is 3.97. The zero-order chi connectivity index (χ0) is 13.2. The normalized spacial score (nSPS) is 19.2. The largest absolute Gasteiger partial charge is 0.257 e. The van der Waals surface area contributed by atoms with E-state index in [4.69, 9.17) is 11.6 Å². The molecule has 0 atom stereocenters. The van der Waals surface area contributed by atoms with E-state index in [1.807, 2.05) is 14.0 Å². The summed E-state index contributed by atoms with van der Waals surface area (Å²) >= 11 is 6.28. The topological polar surface area (TPSA) is 41.6 Å². The van der Waals surface area contributed by atoms with Crippen LogP contribution in [0.2, 0.25) is 5.15 Å². The quantitative estimate of drug-likeness (QED) is 0.764. The van der Waals surface area contributed by atoms with E-state index in [0.29, 0.717) is 5.15 Å². The molecule has 4 heteroatoms. The lowest BCUT2D eigenvalue weighted by Crippen LogP contribution is -2.21. The van der Waals surface area contributed by atoms with Gasteiger partial charge in [0.25, 0.3) is 0 Å². The third-order valence-electron chi connectivity index (χ3n) is 4.08. The van der Waals surface area contributed by atoms with Crippen molar-refractivity contribution in [3.8, 4) is 6.07 Å². The maximum Gasteiger partial charge on any atom is 0.130 e. The molecule has 0 radical (unpaired) electrons. The van der Waals surface area contributed by atoms with Gasteiger partial charge in [0.05, 0.1) is 17.2 Å². The fourth-order valence-corrected chi connectivity index (χ4v) is 3.19. The van der Waals surface area contributed by atoms with Crippen LogP contribution in [-0.4, -0.2) is 9.78 Å². The molecule has 0 unspecified atom stereocenters. The molecule has 1 saturated carbocycles. The first kappa shape index (κ1) is 13.4. The van der Waals surface area contributed by atoms with E-state index in [-0.39, 0.29) is 5.41 Å². The summed E-state index contributed by atoms with van der Waals surface area (Å²) in [7, 11) is 1.85. The molecule has 0 aromatic carbocycles. The van der Waals surface area contributed by atoms with Gasteiger partial charge in [-0.25, -0.2) is 0 Å². The predicted octanol–water partition coefficient (Wildman–Crippen LogP) is 3.79. The molecule has 1 aliphatic carbocycles. The van der Waals surface area contributed by atoms with Crippen LogP contribution in [-0.2, 0) is 13.5 Å². The molecule has 3 nitrogen and oxygen atoms in total. The van der Waals surface area contributed by atoms with Gasteiger partial charge in [-0.15, -0.1) is 0 Å². The van der Waals surface area contributed by atoms with Gasteiger partial charge >= 0.3 is 0 Å². The van der Waals surface area contributed by atoms with Crippen molar-refractivity contribution >= 4 is 11.6 Å². The Morgan fingerprint density at radius 3 is 2.39 bits per heavy atom. The third-order valence-corrected chi connectivity index (χ3v) is 4.56. The number of hydrogen-bond donors (Lipinski definition) is 0. The summed E-state index contributed by atoms with van der Waals surface area (Å²) in [5, 5.41) is 14.6. The van der Waals surface area contributed by atoms with Gasteiger partial charge in [0.2, 0.25) is 0 Å². The van der Waals surface area contributed by atoms with Crippen molar-refractivity contribution < 1.29 is 0 Å².